The van der Waals surface area contributed by atoms with Gasteiger partial charge in [-0.05, 0) is 37.3 Å². The number of likely N-dealkylation sites (tertiary alicyclic amines) is 1. The van der Waals surface area contributed by atoms with Gasteiger partial charge < -0.3 is 10.0 Å². The summed E-state index contributed by atoms with van der Waals surface area (Å²) >= 11 is 5.84. The first kappa shape index (κ1) is 15.7. The van der Waals surface area contributed by atoms with Crippen LogP contribution in [0.5, 0.6) is 0 Å². The van der Waals surface area contributed by atoms with Crippen LogP contribution in [0.25, 0.3) is 0 Å². The lowest BCUT2D eigenvalue weighted by Crippen LogP contribution is -2.40. The molecular formula is C14H17ClN2O4. The van der Waals surface area contributed by atoms with Crippen LogP contribution in [-0.4, -0.2) is 40.5 Å². The summed E-state index contributed by atoms with van der Waals surface area (Å²) in [6.07, 6.45) is 2.59. The molecule has 1 atom stereocenters. The lowest BCUT2D eigenvalue weighted by Gasteiger charge is -2.32. The molecule has 1 aliphatic rings. The third-order valence-corrected chi connectivity index (χ3v) is 4.04. The summed E-state index contributed by atoms with van der Waals surface area (Å²) in [6.45, 7) is 1.39. The molecule has 0 aliphatic carbocycles. The van der Waals surface area contributed by atoms with Crippen LogP contribution in [0.3, 0.4) is 0 Å². The zero-order chi connectivity index (χ0) is 15.4. The van der Waals surface area contributed by atoms with Gasteiger partial charge in [-0.1, -0.05) is 11.6 Å². The lowest BCUT2D eigenvalue weighted by atomic mass is 9.94. The number of aliphatic hydroxyl groups is 1. The first-order valence-corrected chi connectivity index (χ1v) is 7.24. The van der Waals surface area contributed by atoms with Crippen molar-refractivity contribution >= 4 is 23.2 Å². The molecule has 0 aromatic heterocycles. The third-order valence-electron chi connectivity index (χ3n) is 3.73. The van der Waals surface area contributed by atoms with Crippen molar-refractivity contribution < 1.29 is 14.8 Å². The predicted octanol–water partition coefficient (Wildman–Crippen LogP) is 2.48. The Hall–Kier alpha value is -1.66. The number of hydrogen-bond donors (Lipinski definition) is 1. The predicted molar refractivity (Wildman–Crippen MR) is 78.4 cm³/mol. The van der Waals surface area contributed by atoms with Crippen LogP contribution < -0.4 is 0 Å². The highest BCUT2D eigenvalue weighted by Gasteiger charge is 2.25. The van der Waals surface area contributed by atoms with Crippen molar-refractivity contribution in [2.75, 3.05) is 19.7 Å². The van der Waals surface area contributed by atoms with Gasteiger partial charge in [0.1, 0.15) is 5.02 Å². The zero-order valence-corrected chi connectivity index (χ0v) is 12.3. The number of carbonyl (C=O) groups excluding carboxylic acids is 1. The number of nitro groups is 1. The molecule has 1 fully saturated rings. The molecule has 0 bridgehead atoms. The fraction of sp³-hybridized carbons (Fsp3) is 0.500. The highest BCUT2D eigenvalue weighted by molar-refractivity contribution is 6.33. The summed E-state index contributed by atoms with van der Waals surface area (Å²) in [6, 6.07) is 4.03. The molecule has 114 valence electrons. The normalized spacial score (nSPS) is 18.6. The summed E-state index contributed by atoms with van der Waals surface area (Å²) in [7, 11) is 0. The van der Waals surface area contributed by atoms with Crippen molar-refractivity contribution in [1.29, 1.82) is 0 Å². The minimum Gasteiger partial charge on any atom is -0.396 e. The Morgan fingerprint density at radius 3 is 2.90 bits per heavy atom. The van der Waals surface area contributed by atoms with E-state index in [1.54, 1.807) is 4.90 Å². The Labute approximate surface area is 127 Å². The van der Waals surface area contributed by atoms with Crippen molar-refractivity contribution in [2.24, 2.45) is 5.92 Å². The molecule has 0 radical (unpaired) electrons. The molecule has 1 aromatic rings. The molecule has 7 heteroatoms. The van der Waals surface area contributed by atoms with Crippen molar-refractivity contribution in [3.63, 3.8) is 0 Å². The van der Waals surface area contributed by atoms with E-state index < -0.39 is 4.92 Å². The molecule has 21 heavy (non-hydrogen) atoms. The Kier molecular flexibility index (Phi) is 5.14. The SMILES string of the molecule is O=C(c1ccc([N+](=O)[O-])c(Cl)c1)N1CCC[C@@H](CCO)C1. The van der Waals surface area contributed by atoms with E-state index in [-0.39, 0.29) is 23.2 Å². The standard InChI is InChI=1S/C14H17ClN2O4/c15-12-8-11(3-4-13(12)17(20)21)14(19)16-6-1-2-10(9-16)5-7-18/h3-4,8,10,18H,1-2,5-7,9H2/t10-/m0/s1. The molecule has 1 aromatic carbocycles. The maximum absolute atomic E-state index is 12.4. The van der Waals surface area contributed by atoms with Gasteiger partial charge in [-0.2, -0.15) is 0 Å². The van der Waals surface area contributed by atoms with Crippen LogP contribution in [0.15, 0.2) is 18.2 Å². The van der Waals surface area contributed by atoms with Crippen LogP contribution >= 0.6 is 11.6 Å². The summed E-state index contributed by atoms with van der Waals surface area (Å²) in [5.74, 6) is 0.135. The van der Waals surface area contributed by atoms with Crippen LogP contribution in [0.2, 0.25) is 5.02 Å². The number of hydrogen-bond acceptors (Lipinski definition) is 4. The minimum atomic E-state index is -0.575. The summed E-state index contributed by atoms with van der Waals surface area (Å²) in [5.41, 5.74) is 0.153. The van der Waals surface area contributed by atoms with E-state index in [4.69, 9.17) is 16.7 Å². The fourth-order valence-corrected chi connectivity index (χ4v) is 2.89. The van der Waals surface area contributed by atoms with Gasteiger partial charge in [-0.15, -0.1) is 0 Å². The Morgan fingerprint density at radius 2 is 2.29 bits per heavy atom. The van der Waals surface area contributed by atoms with Crippen molar-refractivity contribution in [2.45, 2.75) is 19.3 Å². The second kappa shape index (κ2) is 6.87. The molecule has 0 spiro atoms. The first-order valence-electron chi connectivity index (χ1n) is 6.87. The highest BCUT2D eigenvalue weighted by atomic mass is 35.5. The summed E-state index contributed by atoms with van der Waals surface area (Å²) in [4.78, 5) is 24.3. The summed E-state index contributed by atoms with van der Waals surface area (Å²) < 4.78 is 0. The Bertz CT molecular complexity index is 548. The average molecular weight is 313 g/mol. The van der Waals surface area contributed by atoms with Crippen LogP contribution in [0.4, 0.5) is 5.69 Å². The van der Waals surface area contributed by atoms with Gasteiger partial charge in [0.2, 0.25) is 0 Å². The first-order chi connectivity index (χ1) is 10.0. The molecular weight excluding hydrogens is 296 g/mol. The van der Waals surface area contributed by atoms with Gasteiger partial charge in [0.05, 0.1) is 4.92 Å². The molecule has 1 heterocycles. The average Bonchev–Trinajstić information content (AvgIpc) is 2.46. The van der Waals surface area contributed by atoms with Crippen LogP contribution in [0, 0.1) is 16.0 Å². The van der Waals surface area contributed by atoms with E-state index in [0.29, 0.717) is 31.0 Å². The number of aliphatic hydroxyl groups excluding tert-OH is 1. The van der Waals surface area contributed by atoms with E-state index in [1.165, 1.54) is 18.2 Å². The van der Waals surface area contributed by atoms with Gasteiger partial charge in [-0.3, -0.25) is 14.9 Å². The van der Waals surface area contributed by atoms with Crippen molar-refractivity contribution in [1.82, 2.24) is 4.90 Å². The smallest absolute Gasteiger partial charge is 0.287 e. The molecule has 2 rings (SSSR count). The van der Waals surface area contributed by atoms with Gasteiger partial charge in [0.25, 0.3) is 11.6 Å². The topological polar surface area (TPSA) is 83.7 Å². The van der Waals surface area contributed by atoms with Gasteiger partial charge in [0.15, 0.2) is 0 Å². The highest BCUT2D eigenvalue weighted by Crippen LogP contribution is 2.27. The van der Waals surface area contributed by atoms with Crippen molar-refractivity contribution in [3.8, 4) is 0 Å². The van der Waals surface area contributed by atoms with Crippen LogP contribution in [0.1, 0.15) is 29.6 Å². The number of benzene rings is 1. The fourth-order valence-electron chi connectivity index (χ4n) is 2.64. The number of halogens is 1. The molecule has 1 amide bonds. The number of nitro benzene ring substituents is 1. The molecule has 1 N–H and O–H groups in total. The molecule has 1 saturated heterocycles. The summed E-state index contributed by atoms with van der Waals surface area (Å²) in [5, 5.41) is 19.7. The van der Waals surface area contributed by atoms with E-state index in [2.05, 4.69) is 0 Å². The van der Waals surface area contributed by atoms with E-state index >= 15 is 0 Å². The maximum Gasteiger partial charge on any atom is 0.287 e. The van der Waals surface area contributed by atoms with Gasteiger partial charge in [-0.25, -0.2) is 0 Å². The number of amides is 1. The quantitative estimate of drug-likeness (QED) is 0.684. The number of rotatable bonds is 4. The van der Waals surface area contributed by atoms with Gasteiger partial charge >= 0.3 is 0 Å². The Balaban J connectivity index is 2.12. The third kappa shape index (κ3) is 3.71. The minimum absolute atomic E-state index is 0.0326. The molecule has 0 saturated carbocycles. The van der Waals surface area contributed by atoms with E-state index in [1.807, 2.05) is 0 Å². The maximum atomic E-state index is 12.4. The monoisotopic (exact) mass is 312 g/mol. The zero-order valence-electron chi connectivity index (χ0n) is 11.5. The molecule has 0 unspecified atom stereocenters. The number of piperidine rings is 1. The van der Waals surface area contributed by atoms with Crippen molar-refractivity contribution in [3.05, 3.63) is 38.9 Å². The largest absolute Gasteiger partial charge is 0.396 e. The van der Waals surface area contributed by atoms with Gasteiger partial charge in [0, 0.05) is 31.3 Å². The number of nitrogens with zero attached hydrogens (tertiary/aromatic N) is 2. The molecule has 1 aliphatic heterocycles. The second-order valence-corrected chi connectivity index (χ2v) is 5.60. The van der Waals surface area contributed by atoms with E-state index in [0.717, 1.165) is 12.8 Å². The molecule has 6 nitrogen and oxygen atoms in total. The van der Waals surface area contributed by atoms with E-state index in [9.17, 15) is 14.9 Å². The number of carbonyl (C=O) groups is 1. The lowest BCUT2D eigenvalue weighted by molar-refractivity contribution is -0.384. The second-order valence-electron chi connectivity index (χ2n) is 5.20. The van der Waals surface area contributed by atoms with Crippen LogP contribution in [-0.2, 0) is 0 Å². The Morgan fingerprint density at radius 1 is 1.52 bits per heavy atom.